The van der Waals surface area contributed by atoms with Gasteiger partial charge in [0.1, 0.15) is 0 Å². The molecule has 1 N–H and O–H groups in total. The molecule has 1 fully saturated rings. The summed E-state index contributed by atoms with van der Waals surface area (Å²) < 4.78 is 0. The van der Waals surface area contributed by atoms with Crippen molar-refractivity contribution in [2.45, 2.75) is 19.3 Å². The predicted octanol–water partition coefficient (Wildman–Crippen LogP) is 2.04. The summed E-state index contributed by atoms with van der Waals surface area (Å²) in [5, 5.41) is 3.32. The van der Waals surface area contributed by atoms with E-state index >= 15 is 0 Å². The van der Waals surface area contributed by atoms with Gasteiger partial charge in [0.2, 0.25) is 5.91 Å². The number of anilines is 1. The first-order chi connectivity index (χ1) is 8.27. The maximum absolute atomic E-state index is 12.1. The molecule has 0 aliphatic carbocycles. The Balaban J connectivity index is 1.91. The summed E-state index contributed by atoms with van der Waals surface area (Å²) in [6, 6.07) is 9.84. The Hall–Kier alpha value is -1.35. The molecule has 0 saturated carbocycles. The number of nitrogens with one attached hydrogen (secondary N) is 1. The van der Waals surface area contributed by atoms with Crippen LogP contribution in [0.5, 0.6) is 0 Å². The number of hydrogen-bond acceptors (Lipinski definition) is 2. The third kappa shape index (κ3) is 3.30. The molecule has 0 bridgehead atoms. The van der Waals surface area contributed by atoms with Gasteiger partial charge in [0.25, 0.3) is 0 Å². The molecule has 92 valence electrons. The fourth-order valence-corrected chi connectivity index (χ4v) is 2.27. The second kappa shape index (κ2) is 5.82. The Morgan fingerprint density at radius 3 is 2.59 bits per heavy atom. The van der Waals surface area contributed by atoms with Gasteiger partial charge in [-0.2, -0.15) is 0 Å². The molecule has 1 aromatic carbocycles. The number of para-hydroxylation sites is 1. The largest absolute Gasteiger partial charge is 0.317 e. The maximum atomic E-state index is 12.1. The fourth-order valence-electron chi connectivity index (χ4n) is 2.27. The highest BCUT2D eigenvalue weighted by molar-refractivity contribution is 5.92. The van der Waals surface area contributed by atoms with E-state index in [0.717, 1.165) is 31.6 Å². The van der Waals surface area contributed by atoms with E-state index in [0.29, 0.717) is 12.3 Å². The Kier molecular flexibility index (Phi) is 4.15. The molecule has 3 nitrogen and oxygen atoms in total. The molecule has 1 aliphatic heterocycles. The Morgan fingerprint density at radius 2 is 1.94 bits per heavy atom. The highest BCUT2D eigenvalue weighted by atomic mass is 16.2. The lowest BCUT2D eigenvalue weighted by Crippen LogP contribution is -2.33. The van der Waals surface area contributed by atoms with Crippen LogP contribution in [0.4, 0.5) is 5.69 Å². The van der Waals surface area contributed by atoms with Crippen LogP contribution in [-0.4, -0.2) is 26.0 Å². The first-order valence-corrected chi connectivity index (χ1v) is 6.29. The van der Waals surface area contributed by atoms with Crippen molar-refractivity contribution in [1.29, 1.82) is 0 Å². The van der Waals surface area contributed by atoms with Crippen LogP contribution in [0, 0.1) is 5.92 Å². The van der Waals surface area contributed by atoms with Crippen LogP contribution in [0.1, 0.15) is 19.3 Å². The predicted molar refractivity (Wildman–Crippen MR) is 70.1 cm³/mol. The van der Waals surface area contributed by atoms with Crippen molar-refractivity contribution in [2.75, 3.05) is 25.0 Å². The minimum Gasteiger partial charge on any atom is -0.317 e. The minimum absolute atomic E-state index is 0.225. The van der Waals surface area contributed by atoms with E-state index in [-0.39, 0.29) is 5.91 Å². The third-order valence-corrected chi connectivity index (χ3v) is 3.44. The summed E-state index contributed by atoms with van der Waals surface area (Å²) in [5.41, 5.74) is 0.978. The Morgan fingerprint density at radius 1 is 1.29 bits per heavy atom. The van der Waals surface area contributed by atoms with Gasteiger partial charge in [0, 0.05) is 19.2 Å². The zero-order chi connectivity index (χ0) is 12.1. The van der Waals surface area contributed by atoms with E-state index in [1.807, 2.05) is 37.4 Å². The molecule has 1 heterocycles. The summed E-state index contributed by atoms with van der Waals surface area (Å²) in [4.78, 5) is 13.9. The third-order valence-electron chi connectivity index (χ3n) is 3.44. The number of benzene rings is 1. The summed E-state index contributed by atoms with van der Waals surface area (Å²) in [6.07, 6.45) is 2.91. The van der Waals surface area contributed by atoms with Gasteiger partial charge in [0.05, 0.1) is 0 Å². The number of piperidine rings is 1. The van der Waals surface area contributed by atoms with Gasteiger partial charge in [-0.05, 0) is 44.0 Å². The van der Waals surface area contributed by atoms with Crippen LogP contribution in [0.25, 0.3) is 0 Å². The molecular weight excluding hydrogens is 212 g/mol. The summed E-state index contributed by atoms with van der Waals surface area (Å²) >= 11 is 0. The van der Waals surface area contributed by atoms with Crippen LogP contribution >= 0.6 is 0 Å². The van der Waals surface area contributed by atoms with E-state index in [2.05, 4.69) is 5.32 Å². The van der Waals surface area contributed by atoms with Crippen molar-refractivity contribution >= 4 is 11.6 Å². The second-order valence-corrected chi connectivity index (χ2v) is 4.69. The van der Waals surface area contributed by atoms with Crippen LogP contribution in [0.15, 0.2) is 30.3 Å². The highest BCUT2D eigenvalue weighted by Gasteiger charge is 2.19. The smallest absolute Gasteiger partial charge is 0.226 e. The van der Waals surface area contributed by atoms with Gasteiger partial charge in [-0.15, -0.1) is 0 Å². The van der Waals surface area contributed by atoms with Gasteiger partial charge >= 0.3 is 0 Å². The average Bonchev–Trinajstić information content (AvgIpc) is 2.40. The van der Waals surface area contributed by atoms with Gasteiger partial charge < -0.3 is 10.2 Å². The number of nitrogens with zero attached hydrogens (tertiary/aromatic N) is 1. The lowest BCUT2D eigenvalue weighted by atomic mass is 9.94. The van der Waals surface area contributed by atoms with Crippen molar-refractivity contribution in [3.8, 4) is 0 Å². The zero-order valence-electron chi connectivity index (χ0n) is 10.4. The van der Waals surface area contributed by atoms with Gasteiger partial charge in [-0.1, -0.05) is 18.2 Å². The summed E-state index contributed by atoms with van der Waals surface area (Å²) in [7, 11) is 1.86. The van der Waals surface area contributed by atoms with Gasteiger partial charge in [0.15, 0.2) is 0 Å². The molecule has 17 heavy (non-hydrogen) atoms. The lowest BCUT2D eigenvalue weighted by Gasteiger charge is -2.25. The molecule has 0 unspecified atom stereocenters. The molecule has 2 rings (SSSR count). The van der Waals surface area contributed by atoms with Crippen LogP contribution < -0.4 is 10.2 Å². The minimum atomic E-state index is 0.225. The van der Waals surface area contributed by atoms with Gasteiger partial charge in [-0.3, -0.25) is 4.79 Å². The maximum Gasteiger partial charge on any atom is 0.226 e. The molecule has 0 radical (unpaired) electrons. The number of carbonyl (C=O) groups is 1. The average molecular weight is 232 g/mol. The van der Waals surface area contributed by atoms with Crippen molar-refractivity contribution in [2.24, 2.45) is 5.92 Å². The molecule has 1 aliphatic rings. The number of rotatable bonds is 3. The van der Waals surface area contributed by atoms with Gasteiger partial charge in [-0.25, -0.2) is 0 Å². The second-order valence-electron chi connectivity index (χ2n) is 4.69. The first-order valence-electron chi connectivity index (χ1n) is 6.29. The normalized spacial score (nSPS) is 16.8. The molecule has 0 aromatic heterocycles. The van der Waals surface area contributed by atoms with Crippen molar-refractivity contribution in [3.05, 3.63) is 30.3 Å². The van der Waals surface area contributed by atoms with E-state index < -0.39 is 0 Å². The van der Waals surface area contributed by atoms with Crippen LogP contribution in [-0.2, 0) is 4.79 Å². The summed E-state index contributed by atoms with van der Waals surface area (Å²) in [5.74, 6) is 0.776. The topological polar surface area (TPSA) is 32.3 Å². The number of amides is 1. The molecular formula is C14H20N2O. The molecule has 1 amide bonds. The van der Waals surface area contributed by atoms with E-state index in [1.165, 1.54) is 0 Å². The van der Waals surface area contributed by atoms with Crippen LogP contribution in [0.3, 0.4) is 0 Å². The SMILES string of the molecule is CN(C(=O)CC1CCNCC1)c1ccccc1. The van der Waals surface area contributed by atoms with Crippen molar-refractivity contribution in [3.63, 3.8) is 0 Å². The monoisotopic (exact) mass is 232 g/mol. The highest BCUT2D eigenvalue weighted by Crippen LogP contribution is 2.19. The van der Waals surface area contributed by atoms with Crippen molar-refractivity contribution < 1.29 is 4.79 Å². The first kappa shape index (κ1) is 12.1. The molecule has 1 aromatic rings. The molecule has 3 heteroatoms. The molecule has 0 spiro atoms. The molecule has 1 saturated heterocycles. The summed E-state index contributed by atoms with van der Waals surface area (Å²) in [6.45, 7) is 2.10. The van der Waals surface area contributed by atoms with Crippen LogP contribution in [0.2, 0.25) is 0 Å². The Labute approximate surface area is 103 Å². The van der Waals surface area contributed by atoms with E-state index in [1.54, 1.807) is 4.90 Å². The molecule has 0 atom stereocenters. The Bertz CT molecular complexity index is 358. The quantitative estimate of drug-likeness (QED) is 0.865. The van der Waals surface area contributed by atoms with Crippen molar-refractivity contribution in [1.82, 2.24) is 5.32 Å². The fraction of sp³-hybridized carbons (Fsp3) is 0.500. The standard InChI is InChI=1S/C14H20N2O/c1-16(13-5-3-2-4-6-13)14(17)11-12-7-9-15-10-8-12/h2-6,12,15H,7-11H2,1H3. The zero-order valence-corrected chi connectivity index (χ0v) is 10.4. The van der Waals surface area contributed by atoms with E-state index in [9.17, 15) is 4.79 Å². The lowest BCUT2D eigenvalue weighted by molar-refractivity contribution is -0.119. The number of carbonyl (C=O) groups excluding carboxylic acids is 1. The van der Waals surface area contributed by atoms with E-state index in [4.69, 9.17) is 0 Å². The number of hydrogen-bond donors (Lipinski definition) is 1.